The summed E-state index contributed by atoms with van der Waals surface area (Å²) in [6.07, 6.45) is -4.69. The molecule has 122 valence electrons. The van der Waals surface area contributed by atoms with Crippen LogP contribution < -0.4 is 10.5 Å². The monoisotopic (exact) mass is 320 g/mol. The van der Waals surface area contributed by atoms with Crippen LogP contribution in [0.1, 0.15) is 23.2 Å². The van der Waals surface area contributed by atoms with Crippen LogP contribution in [-0.2, 0) is 0 Å². The van der Waals surface area contributed by atoms with Gasteiger partial charge in [-0.2, -0.15) is 13.2 Å². The number of hydrogen-bond donors (Lipinski definition) is 1. The largest absolute Gasteiger partial charge is 0.497 e. The van der Waals surface area contributed by atoms with E-state index in [-0.39, 0.29) is 25.1 Å². The van der Waals surface area contributed by atoms with E-state index in [1.165, 1.54) is 13.2 Å². The van der Waals surface area contributed by atoms with Crippen molar-refractivity contribution in [3.63, 3.8) is 0 Å². The van der Waals surface area contributed by atoms with E-state index in [0.717, 1.165) is 12.1 Å². The van der Waals surface area contributed by atoms with E-state index < -0.39 is 35.5 Å². The topological polar surface area (TPSA) is 55.6 Å². The summed E-state index contributed by atoms with van der Waals surface area (Å²) in [5.41, 5.74) is 5.23. The van der Waals surface area contributed by atoms with E-state index in [9.17, 15) is 22.4 Å². The number of alkyl halides is 3. The lowest BCUT2D eigenvalue weighted by Gasteiger charge is -2.39. The van der Waals surface area contributed by atoms with Crippen molar-refractivity contribution in [3.05, 3.63) is 29.6 Å². The first kappa shape index (κ1) is 16.5. The Morgan fingerprint density at radius 2 is 2.05 bits per heavy atom. The van der Waals surface area contributed by atoms with E-state index in [2.05, 4.69) is 0 Å². The molecular weight excluding hydrogens is 304 g/mol. The molecular formula is C14H16F4N2O2. The average Bonchev–Trinajstić information content (AvgIpc) is 2.45. The fourth-order valence-corrected chi connectivity index (χ4v) is 2.51. The Kier molecular flexibility index (Phi) is 4.60. The highest BCUT2D eigenvalue weighted by molar-refractivity contribution is 5.95. The van der Waals surface area contributed by atoms with Gasteiger partial charge in [0.15, 0.2) is 0 Å². The molecule has 0 saturated carbocycles. The maximum absolute atomic E-state index is 13.9. The Morgan fingerprint density at radius 1 is 1.36 bits per heavy atom. The summed E-state index contributed by atoms with van der Waals surface area (Å²) >= 11 is 0. The van der Waals surface area contributed by atoms with Crippen LogP contribution in [-0.4, -0.2) is 42.7 Å². The molecule has 1 saturated heterocycles. The summed E-state index contributed by atoms with van der Waals surface area (Å²) in [4.78, 5) is 12.9. The van der Waals surface area contributed by atoms with Gasteiger partial charge in [0, 0.05) is 18.7 Å². The van der Waals surface area contributed by atoms with Gasteiger partial charge in [-0.1, -0.05) is 0 Å². The molecule has 0 aliphatic carbocycles. The summed E-state index contributed by atoms with van der Waals surface area (Å²) in [5, 5.41) is 0. The van der Waals surface area contributed by atoms with Gasteiger partial charge in [-0.25, -0.2) is 4.39 Å². The van der Waals surface area contributed by atoms with Crippen molar-refractivity contribution < 1.29 is 27.1 Å². The van der Waals surface area contributed by atoms with Gasteiger partial charge in [0.2, 0.25) is 0 Å². The number of hydrogen-bond acceptors (Lipinski definition) is 3. The zero-order valence-electron chi connectivity index (χ0n) is 11.9. The second-order valence-corrected chi connectivity index (χ2v) is 5.20. The maximum atomic E-state index is 13.9. The number of halogens is 4. The van der Waals surface area contributed by atoms with Crippen LogP contribution in [0.25, 0.3) is 0 Å². The fourth-order valence-electron chi connectivity index (χ4n) is 2.51. The fraction of sp³-hybridized carbons (Fsp3) is 0.500. The lowest BCUT2D eigenvalue weighted by Crippen LogP contribution is -2.56. The summed E-state index contributed by atoms with van der Waals surface area (Å²) in [6, 6.07) is 0.900. The number of nitrogens with zero attached hydrogens (tertiary/aromatic N) is 1. The molecule has 1 fully saturated rings. The van der Waals surface area contributed by atoms with Gasteiger partial charge in [-0.15, -0.1) is 0 Å². The number of methoxy groups -OCH3 is 1. The normalized spacial score (nSPS) is 22.5. The molecule has 1 aliphatic rings. The van der Waals surface area contributed by atoms with Gasteiger partial charge in [0.05, 0.1) is 12.7 Å². The van der Waals surface area contributed by atoms with Crippen molar-refractivity contribution in [2.45, 2.75) is 31.1 Å². The van der Waals surface area contributed by atoms with Crippen molar-refractivity contribution in [1.82, 2.24) is 4.90 Å². The lowest BCUT2D eigenvalue weighted by molar-refractivity contribution is -0.184. The molecule has 1 aromatic rings. The van der Waals surface area contributed by atoms with Crippen molar-refractivity contribution in [1.29, 1.82) is 0 Å². The molecule has 0 unspecified atom stereocenters. The van der Waals surface area contributed by atoms with Crippen LogP contribution in [0.3, 0.4) is 0 Å². The molecule has 1 heterocycles. The van der Waals surface area contributed by atoms with E-state index in [4.69, 9.17) is 10.5 Å². The molecule has 2 N–H and O–H groups in total. The molecule has 2 atom stereocenters. The summed E-state index contributed by atoms with van der Waals surface area (Å²) in [6.45, 7) is -0.255. The predicted molar refractivity (Wildman–Crippen MR) is 71.0 cm³/mol. The van der Waals surface area contributed by atoms with Crippen LogP contribution in [0, 0.1) is 5.82 Å². The Morgan fingerprint density at radius 3 is 2.59 bits per heavy atom. The molecule has 0 aromatic heterocycles. The molecule has 0 bridgehead atoms. The van der Waals surface area contributed by atoms with Crippen LogP contribution in [0.2, 0.25) is 0 Å². The number of piperidine rings is 1. The minimum Gasteiger partial charge on any atom is -0.497 e. The summed E-state index contributed by atoms with van der Waals surface area (Å²) in [5.74, 6) is -1.76. The van der Waals surface area contributed by atoms with Crippen LogP contribution in [0.4, 0.5) is 17.6 Å². The zero-order chi connectivity index (χ0) is 16.5. The van der Waals surface area contributed by atoms with Gasteiger partial charge in [-0.3, -0.25) is 4.79 Å². The molecule has 4 nitrogen and oxygen atoms in total. The van der Waals surface area contributed by atoms with E-state index in [1.807, 2.05) is 0 Å². The number of ether oxygens (including phenoxy) is 1. The highest BCUT2D eigenvalue weighted by Gasteiger charge is 2.48. The quantitative estimate of drug-likeness (QED) is 0.851. The molecule has 2 rings (SSSR count). The van der Waals surface area contributed by atoms with Crippen LogP contribution in [0.15, 0.2) is 18.2 Å². The lowest BCUT2D eigenvalue weighted by atomic mass is 9.97. The molecule has 1 aromatic carbocycles. The van der Waals surface area contributed by atoms with E-state index in [0.29, 0.717) is 4.90 Å². The minimum absolute atomic E-state index is 0.166. The molecule has 0 spiro atoms. The Labute approximate surface area is 124 Å². The third-order valence-corrected chi connectivity index (χ3v) is 3.66. The van der Waals surface area contributed by atoms with Gasteiger partial charge in [-0.05, 0) is 25.0 Å². The standard InChI is InChI=1S/C14H16F4N2O2/c1-22-9-3-4-10(11(15)6-9)13(21)20-7-8(19)2-5-12(20)14(16,17)18/h3-4,6,8,12H,2,5,7,19H2,1H3/t8-,12-/m0/s1. The number of rotatable bonds is 2. The smallest absolute Gasteiger partial charge is 0.408 e. The van der Waals surface area contributed by atoms with Crippen molar-refractivity contribution in [3.8, 4) is 5.75 Å². The van der Waals surface area contributed by atoms with Gasteiger partial charge in [0.25, 0.3) is 5.91 Å². The SMILES string of the molecule is COc1ccc(C(=O)N2C[C@@H](N)CC[C@H]2C(F)(F)F)c(F)c1. The van der Waals surface area contributed by atoms with Crippen LogP contribution >= 0.6 is 0 Å². The van der Waals surface area contributed by atoms with E-state index >= 15 is 0 Å². The third-order valence-electron chi connectivity index (χ3n) is 3.66. The predicted octanol–water partition coefficient (Wildman–Crippen LogP) is 2.33. The second-order valence-electron chi connectivity index (χ2n) is 5.20. The van der Waals surface area contributed by atoms with E-state index in [1.54, 1.807) is 0 Å². The Bertz CT molecular complexity index is 562. The van der Waals surface area contributed by atoms with Crippen molar-refractivity contribution in [2.24, 2.45) is 5.73 Å². The van der Waals surface area contributed by atoms with Crippen molar-refractivity contribution in [2.75, 3.05) is 13.7 Å². The average molecular weight is 320 g/mol. The van der Waals surface area contributed by atoms with Crippen molar-refractivity contribution >= 4 is 5.91 Å². The molecule has 0 radical (unpaired) electrons. The number of carbonyl (C=O) groups excluding carboxylic acids is 1. The Hall–Kier alpha value is -1.83. The molecule has 1 aliphatic heterocycles. The summed E-state index contributed by atoms with van der Waals surface area (Å²) in [7, 11) is 1.32. The number of benzene rings is 1. The van der Waals surface area contributed by atoms with Gasteiger partial charge < -0.3 is 15.4 Å². The first-order chi connectivity index (χ1) is 10.2. The highest BCUT2D eigenvalue weighted by Crippen LogP contribution is 2.33. The zero-order valence-corrected chi connectivity index (χ0v) is 11.9. The molecule has 22 heavy (non-hydrogen) atoms. The summed E-state index contributed by atoms with van der Waals surface area (Å²) < 4.78 is 57.9. The second kappa shape index (κ2) is 6.12. The van der Waals surface area contributed by atoms with Gasteiger partial charge in [0.1, 0.15) is 17.6 Å². The first-order valence-electron chi connectivity index (χ1n) is 6.71. The minimum atomic E-state index is -4.57. The van der Waals surface area contributed by atoms with Crippen LogP contribution in [0.5, 0.6) is 5.75 Å². The third kappa shape index (κ3) is 3.32. The molecule has 8 heteroatoms. The number of likely N-dealkylation sites (tertiary alicyclic amines) is 1. The number of amides is 1. The highest BCUT2D eigenvalue weighted by atomic mass is 19.4. The molecule has 1 amide bonds. The number of carbonyl (C=O) groups is 1. The maximum Gasteiger partial charge on any atom is 0.408 e. The Balaban J connectivity index is 2.32. The van der Waals surface area contributed by atoms with Gasteiger partial charge >= 0.3 is 6.18 Å². The number of nitrogens with two attached hydrogens (primary N) is 1. The first-order valence-corrected chi connectivity index (χ1v) is 6.71.